The van der Waals surface area contributed by atoms with Crippen molar-refractivity contribution in [2.75, 3.05) is 5.32 Å². The van der Waals surface area contributed by atoms with E-state index in [0.29, 0.717) is 18.3 Å². The first-order valence-corrected chi connectivity index (χ1v) is 6.57. The molecule has 0 amide bonds. The summed E-state index contributed by atoms with van der Waals surface area (Å²) in [5, 5.41) is 7.12. The van der Waals surface area contributed by atoms with Crippen LogP contribution in [0.3, 0.4) is 0 Å². The number of hydrogen-bond donors (Lipinski definition) is 1. The lowest BCUT2D eigenvalue weighted by Gasteiger charge is -2.17. The Balaban J connectivity index is 2.10. The minimum absolute atomic E-state index is 0.0862. The molecule has 2 rings (SSSR count). The molecule has 0 fully saturated rings. The van der Waals surface area contributed by atoms with Crippen LogP contribution in [-0.2, 0) is 6.42 Å². The van der Waals surface area contributed by atoms with Crippen LogP contribution in [0.5, 0.6) is 0 Å². The maximum atomic E-state index is 5.17. The predicted octanol–water partition coefficient (Wildman–Crippen LogP) is 3.63. The SMILES string of the molecule is CC(C)(C)Nc1nc(Cc2ccccc2Br)no1. The molecule has 0 bridgehead atoms. The first kappa shape index (κ1) is 13.1. The van der Waals surface area contributed by atoms with Gasteiger partial charge in [-0.2, -0.15) is 4.98 Å². The van der Waals surface area contributed by atoms with E-state index >= 15 is 0 Å². The van der Waals surface area contributed by atoms with Crippen LogP contribution in [0.2, 0.25) is 0 Å². The van der Waals surface area contributed by atoms with Gasteiger partial charge in [0.1, 0.15) is 0 Å². The molecule has 0 aliphatic carbocycles. The van der Waals surface area contributed by atoms with Crippen molar-refractivity contribution in [2.24, 2.45) is 0 Å². The summed E-state index contributed by atoms with van der Waals surface area (Å²) in [6, 6.07) is 8.48. The summed E-state index contributed by atoms with van der Waals surface area (Å²) in [5.41, 5.74) is 1.05. The zero-order valence-electron chi connectivity index (χ0n) is 10.7. The number of halogens is 1. The first-order chi connectivity index (χ1) is 8.44. The number of rotatable bonds is 3. The van der Waals surface area contributed by atoms with Crippen molar-refractivity contribution >= 4 is 21.9 Å². The zero-order chi connectivity index (χ0) is 13.2. The van der Waals surface area contributed by atoms with Gasteiger partial charge in [-0.3, -0.25) is 0 Å². The third-order valence-corrected chi connectivity index (χ3v) is 3.03. The fourth-order valence-corrected chi connectivity index (χ4v) is 1.93. The summed E-state index contributed by atoms with van der Waals surface area (Å²) < 4.78 is 6.22. The van der Waals surface area contributed by atoms with Crippen molar-refractivity contribution in [1.82, 2.24) is 10.1 Å². The average molecular weight is 310 g/mol. The minimum Gasteiger partial charge on any atom is -0.333 e. The van der Waals surface area contributed by atoms with E-state index in [2.05, 4.69) is 31.4 Å². The van der Waals surface area contributed by atoms with E-state index in [4.69, 9.17) is 4.52 Å². The molecule has 0 atom stereocenters. The van der Waals surface area contributed by atoms with Gasteiger partial charge in [0.15, 0.2) is 5.82 Å². The normalized spacial score (nSPS) is 11.6. The van der Waals surface area contributed by atoms with Gasteiger partial charge in [-0.05, 0) is 32.4 Å². The third-order valence-electron chi connectivity index (χ3n) is 2.26. The Morgan fingerprint density at radius 3 is 2.67 bits per heavy atom. The Morgan fingerprint density at radius 2 is 2.00 bits per heavy atom. The van der Waals surface area contributed by atoms with Crippen molar-refractivity contribution in [3.05, 3.63) is 40.1 Å². The number of nitrogens with zero attached hydrogens (tertiary/aromatic N) is 2. The second kappa shape index (κ2) is 5.10. The van der Waals surface area contributed by atoms with Crippen molar-refractivity contribution in [3.8, 4) is 0 Å². The lowest BCUT2D eigenvalue weighted by molar-refractivity contribution is 0.413. The van der Waals surface area contributed by atoms with Crippen LogP contribution < -0.4 is 5.32 Å². The standard InChI is InChI=1S/C13H16BrN3O/c1-13(2,3)16-12-15-11(17-18-12)8-9-6-4-5-7-10(9)14/h4-7H,8H2,1-3H3,(H,15,16,17). The second-order valence-corrected chi connectivity index (χ2v) is 6.01. The van der Waals surface area contributed by atoms with Gasteiger partial charge in [-0.25, -0.2) is 0 Å². The fraction of sp³-hybridized carbons (Fsp3) is 0.385. The molecule has 2 aromatic rings. The molecule has 1 aromatic heterocycles. The van der Waals surface area contributed by atoms with Gasteiger partial charge in [0.05, 0.1) is 0 Å². The Hall–Kier alpha value is -1.36. The number of benzene rings is 1. The molecule has 18 heavy (non-hydrogen) atoms. The van der Waals surface area contributed by atoms with E-state index in [0.717, 1.165) is 10.0 Å². The van der Waals surface area contributed by atoms with E-state index in [9.17, 15) is 0 Å². The molecule has 0 aliphatic heterocycles. The number of aromatic nitrogens is 2. The van der Waals surface area contributed by atoms with Crippen LogP contribution >= 0.6 is 15.9 Å². The Morgan fingerprint density at radius 1 is 1.28 bits per heavy atom. The van der Waals surface area contributed by atoms with E-state index in [-0.39, 0.29) is 5.54 Å². The molecular weight excluding hydrogens is 294 g/mol. The molecule has 0 unspecified atom stereocenters. The summed E-state index contributed by atoms with van der Waals surface area (Å²) in [6.07, 6.45) is 0.650. The molecule has 0 aliphatic rings. The van der Waals surface area contributed by atoms with Crippen LogP contribution in [-0.4, -0.2) is 15.7 Å². The van der Waals surface area contributed by atoms with E-state index in [1.54, 1.807) is 0 Å². The fourth-order valence-electron chi connectivity index (χ4n) is 1.51. The van der Waals surface area contributed by atoms with Gasteiger partial charge in [-0.1, -0.05) is 39.3 Å². The highest BCUT2D eigenvalue weighted by Crippen LogP contribution is 2.19. The van der Waals surface area contributed by atoms with Gasteiger partial charge in [0.2, 0.25) is 0 Å². The Labute approximate surface area is 115 Å². The highest BCUT2D eigenvalue weighted by Gasteiger charge is 2.15. The summed E-state index contributed by atoms with van der Waals surface area (Å²) in [6.45, 7) is 6.14. The number of anilines is 1. The van der Waals surface area contributed by atoms with Crippen molar-refractivity contribution in [3.63, 3.8) is 0 Å². The van der Waals surface area contributed by atoms with Crippen LogP contribution in [0.25, 0.3) is 0 Å². The lowest BCUT2D eigenvalue weighted by Crippen LogP contribution is -2.26. The van der Waals surface area contributed by atoms with Crippen molar-refractivity contribution in [2.45, 2.75) is 32.7 Å². The minimum atomic E-state index is -0.0862. The molecule has 5 heteroatoms. The van der Waals surface area contributed by atoms with Gasteiger partial charge in [-0.15, -0.1) is 0 Å². The summed E-state index contributed by atoms with van der Waals surface area (Å²) in [7, 11) is 0. The number of nitrogens with one attached hydrogen (secondary N) is 1. The van der Waals surface area contributed by atoms with Gasteiger partial charge >= 0.3 is 6.01 Å². The molecule has 1 N–H and O–H groups in total. The topological polar surface area (TPSA) is 51.0 Å². The first-order valence-electron chi connectivity index (χ1n) is 5.78. The molecule has 0 radical (unpaired) electrons. The molecule has 0 saturated heterocycles. The van der Waals surface area contributed by atoms with E-state index in [1.165, 1.54) is 0 Å². The van der Waals surface area contributed by atoms with Gasteiger partial charge < -0.3 is 9.84 Å². The third kappa shape index (κ3) is 3.57. The van der Waals surface area contributed by atoms with Crippen molar-refractivity contribution < 1.29 is 4.52 Å². The Bertz CT molecular complexity index is 531. The van der Waals surface area contributed by atoms with Crippen LogP contribution in [0.15, 0.2) is 33.3 Å². The summed E-state index contributed by atoms with van der Waals surface area (Å²) in [5.74, 6) is 0.675. The van der Waals surface area contributed by atoms with Gasteiger partial charge in [0.25, 0.3) is 0 Å². The predicted molar refractivity (Wildman–Crippen MR) is 74.6 cm³/mol. The summed E-state index contributed by atoms with van der Waals surface area (Å²) >= 11 is 3.51. The molecule has 0 spiro atoms. The van der Waals surface area contributed by atoms with E-state index in [1.807, 2.05) is 45.0 Å². The molecular formula is C13H16BrN3O. The highest BCUT2D eigenvalue weighted by molar-refractivity contribution is 9.10. The maximum Gasteiger partial charge on any atom is 0.321 e. The summed E-state index contributed by atoms with van der Waals surface area (Å²) in [4.78, 5) is 4.32. The quantitative estimate of drug-likeness (QED) is 0.940. The molecule has 1 aromatic carbocycles. The van der Waals surface area contributed by atoms with E-state index < -0.39 is 0 Å². The van der Waals surface area contributed by atoms with Gasteiger partial charge in [0, 0.05) is 16.4 Å². The highest BCUT2D eigenvalue weighted by atomic mass is 79.9. The smallest absolute Gasteiger partial charge is 0.321 e. The average Bonchev–Trinajstić information content (AvgIpc) is 2.66. The molecule has 1 heterocycles. The maximum absolute atomic E-state index is 5.17. The van der Waals surface area contributed by atoms with Crippen LogP contribution in [0, 0.1) is 0 Å². The zero-order valence-corrected chi connectivity index (χ0v) is 12.3. The second-order valence-electron chi connectivity index (χ2n) is 5.16. The monoisotopic (exact) mass is 309 g/mol. The Kier molecular flexibility index (Phi) is 3.71. The molecule has 96 valence electrons. The number of hydrogen-bond acceptors (Lipinski definition) is 4. The van der Waals surface area contributed by atoms with Crippen LogP contribution in [0.4, 0.5) is 6.01 Å². The molecule has 0 saturated carbocycles. The largest absolute Gasteiger partial charge is 0.333 e. The van der Waals surface area contributed by atoms with Crippen molar-refractivity contribution in [1.29, 1.82) is 0 Å². The molecule has 4 nitrogen and oxygen atoms in total. The lowest BCUT2D eigenvalue weighted by atomic mass is 10.1. The van der Waals surface area contributed by atoms with Crippen LogP contribution in [0.1, 0.15) is 32.2 Å².